The summed E-state index contributed by atoms with van der Waals surface area (Å²) in [7, 11) is 1.46. The van der Waals surface area contributed by atoms with Gasteiger partial charge in [0.05, 0.1) is 13.7 Å². The van der Waals surface area contributed by atoms with Crippen molar-refractivity contribution >= 4 is 0 Å². The monoisotopic (exact) mass is 265 g/mol. The maximum absolute atomic E-state index is 12.8. The fourth-order valence-electron chi connectivity index (χ4n) is 1.50. The first-order chi connectivity index (χ1) is 8.38. The predicted molar refractivity (Wildman–Crippen MR) is 60.4 cm³/mol. The molecule has 0 aliphatic carbocycles. The summed E-state index contributed by atoms with van der Waals surface area (Å²) in [5.74, 6) is -3.51. The van der Waals surface area contributed by atoms with Gasteiger partial charge in [0.1, 0.15) is 5.75 Å². The second kappa shape index (κ2) is 6.04. The third-order valence-electron chi connectivity index (χ3n) is 2.57. The predicted octanol–water partition coefficient (Wildman–Crippen LogP) is 3.25. The number of nitrogens with one attached hydrogen (secondary N) is 1. The van der Waals surface area contributed by atoms with Gasteiger partial charge in [0.2, 0.25) is 0 Å². The van der Waals surface area contributed by atoms with Gasteiger partial charge in [-0.2, -0.15) is 8.78 Å². The van der Waals surface area contributed by atoms with Crippen molar-refractivity contribution in [3.05, 3.63) is 29.8 Å². The van der Waals surface area contributed by atoms with Gasteiger partial charge in [-0.25, -0.2) is 8.78 Å². The number of benzene rings is 1. The molecule has 0 aromatic heterocycles. The Hall–Kier alpha value is -1.30. The zero-order valence-electron chi connectivity index (χ0n) is 10.1. The lowest BCUT2D eigenvalue weighted by Crippen LogP contribution is -2.39. The second-order valence-corrected chi connectivity index (χ2v) is 3.91. The van der Waals surface area contributed by atoms with Gasteiger partial charge in [-0.1, -0.05) is 18.2 Å². The minimum atomic E-state index is -4.03. The van der Waals surface area contributed by atoms with Crippen LogP contribution >= 0.6 is 0 Å². The van der Waals surface area contributed by atoms with Gasteiger partial charge in [0.15, 0.2) is 0 Å². The Morgan fingerprint density at radius 1 is 1.28 bits per heavy atom. The highest BCUT2D eigenvalue weighted by Gasteiger charge is 2.40. The van der Waals surface area contributed by atoms with Gasteiger partial charge >= 0.3 is 12.3 Å². The Kier molecular flexibility index (Phi) is 4.95. The molecule has 0 bridgehead atoms. The number of para-hydroxylation sites is 1. The maximum Gasteiger partial charge on any atom is 0.319 e. The van der Waals surface area contributed by atoms with Crippen LogP contribution in [0.1, 0.15) is 18.5 Å². The van der Waals surface area contributed by atoms with Gasteiger partial charge in [-0.3, -0.25) is 0 Å². The molecule has 1 N–H and O–H groups in total. The molecule has 0 saturated carbocycles. The minimum absolute atomic E-state index is 0.509. The van der Waals surface area contributed by atoms with Gasteiger partial charge in [0.25, 0.3) is 0 Å². The van der Waals surface area contributed by atoms with Crippen LogP contribution in [0.3, 0.4) is 0 Å². The lowest BCUT2D eigenvalue weighted by Gasteiger charge is -2.21. The van der Waals surface area contributed by atoms with Crippen LogP contribution < -0.4 is 10.1 Å². The summed E-state index contributed by atoms with van der Waals surface area (Å²) in [5, 5.41) is 2.39. The van der Waals surface area contributed by atoms with E-state index in [9.17, 15) is 17.6 Å². The number of hydrogen-bond acceptors (Lipinski definition) is 2. The molecule has 1 aromatic rings. The van der Waals surface area contributed by atoms with Gasteiger partial charge in [-0.05, 0) is 13.0 Å². The van der Waals surface area contributed by atoms with E-state index < -0.39 is 24.9 Å². The van der Waals surface area contributed by atoms with Crippen LogP contribution in [0, 0.1) is 0 Å². The summed E-state index contributed by atoms with van der Waals surface area (Å²) in [4.78, 5) is 0. The smallest absolute Gasteiger partial charge is 0.319 e. The fourth-order valence-corrected chi connectivity index (χ4v) is 1.50. The van der Waals surface area contributed by atoms with E-state index in [1.807, 2.05) is 0 Å². The van der Waals surface area contributed by atoms with Crippen LogP contribution in [-0.4, -0.2) is 26.0 Å². The van der Waals surface area contributed by atoms with E-state index in [1.54, 1.807) is 31.2 Å². The van der Waals surface area contributed by atoms with E-state index in [4.69, 9.17) is 4.74 Å². The van der Waals surface area contributed by atoms with E-state index in [0.29, 0.717) is 11.3 Å². The third-order valence-corrected chi connectivity index (χ3v) is 2.57. The van der Waals surface area contributed by atoms with Crippen LogP contribution in [0.15, 0.2) is 24.3 Å². The van der Waals surface area contributed by atoms with Gasteiger partial charge < -0.3 is 10.1 Å². The number of alkyl halides is 4. The van der Waals surface area contributed by atoms with E-state index in [0.717, 1.165) is 0 Å². The van der Waals surface area contributed by atoms with Crippen LogP contribution in [0.2, 0.25) is 0 Å². The molecule has 0 fully saturated rings. The lowest BCUT2D eigenvalue weighted by molar-refractivity contribution is -0.126. The quantitative estimate of drug-likeness (QED) is 0.797. The molecule has 0 saturated heterocycles. The largest absolute Gasteiger partial charge is 0.496 e. The minimum Gasteiger partial charge on any atom is -0.496 e. The summed E-state index contributed by atoms with van der Waals surface area (Å²) in [6.07, 6.45) is -3.67. The average Bonchev–Trinajstić information content (AvgIpc) is 2.35. The summed E-state index contributed by atoms with van der Waals surface area (Å²) in [6.45, 7) is 0.531. The topological polar surface area (TPSA) is 21.3 Å². The van der Waals surface area contributed by atoms with Crippen molar-refractivity contribution in [2.45, 2.75) is 25.3 Å². The fraction of sp³-hybridized carbons (Fsp3) is 0.500. The molecule has 1 unspecified atom stereocenters. The lowest BCUT2D eigenvalue weighted by atomic mass is 10.1. The molecule has 0 heterocycles. The number of methoxy groups -OCH3 is 1. The molecule has 1 atom stereocenters. The summed E-state index contributed by atoms with van der Waals surface area (Å²) in [6, 6.07) is 6.32. The molecule has 6 heteroatoms. The first-order valence-electron chi connectivity index (χ1n) is 5.40. The van der Waals surface area contributed by atoms with Gasteiger partial charge in [-0.15, -0.1) is 0 Å². The number of rotatable bonds is 6. The Morgan fingerprint density at radius 3 is 2.44 bits per heavy atom. The van der Waals surface area contributed by atoms with Crippen LogP contribution in [-0.2, 0) is 0 Å². The molecule has 102 valence electrons. The molecule has 0 aliphatic heterocycles. The normalized spacial score (nSPS) is 13.7. The first-order valence-corrected chi connectivity index (χ1v) is 5.40. The maximum atomic E-state index is 12.8. The number of halogens is 4. The summed E-state index contributed by atoms with van der Waals surface area (Å²) in [5.41, 5.74) is 0.644. The summed E-state index contributed by atoms with van der Waals surface area (Å²) < 4.78 is 54.6. The highest BCUT2D eigenvalue weighted by atomic mass is 19.3. The van der Waals surface area contributed by atoms with Crippen molar-refractivity contribution in [3.63, 3.8) is 0 Å². The Balaban J connectivity index is 2.68. The zero-order chi connectivity index (χ0) is 13.8. The van der Waals surface area contributed by atoms with Crippen LogP contribution in [0.25, 0.3) is 0 Å². The molecule has 1 aromatic carbocycles. The molecular weight excluding hydrogens is 250 g/mol. The van der Waals surface area contributed by atoms with Crippen molar-refractivity contribution in [2.24, 2.45) is 0 Å². The van der Waals surface area contributed by atoms with E-state index in [2.05, 4.69) is 5.32 Å². The number of hydrogen-bond donors (Lipinski definition) is 1. The van der Waals surface area contributed by atoms with Crippen molar-refractivity contribution in [2.75, 3.05) is 13.7 Å². The Bertz CT molecular complexity index is 384. The molecule has 2 nitrogen and oxygen atoms in total. The highest BCUT2D eigenvalue weighted by molar-refractivity contribution is 5.35. The molecule has 0 spiro atoms. The van der Waals surface area contributed by atoms with Crippen molar-refractivity contribution in [1.29, 1.82) is 0 Å². The zero-order valence-corrected chi connectivity index (χ0v) is 10.1. The Morgan fingerprint density at radius 2 is 1.89 bits per heavy atom. The van der Waals surface area contributed by atoms with E-state index >= 15 is 0 Å². The molecule has 0 aliphatic rings. The van der Waals surface area contributed by atoms with Crippen LogP contribution in [0.4, 0.5) is 17.6 Å². The molecule has 18 heavy (non-hydrogen) atoms. The van der Waals surface area contributed by atoms with Crippen molar-refractivity contribution in [1.82, 2.24) is 5.32 Å². The van der Waals surface area contributed by atoms with Crippen molar-refractivity contribution in [3.8, 4) is 5.75 Å². The Labute approximate surface area is 103 Å². The first kappa shape index (κ1) is 14.8. The highest BCUT2D eigenvalue weighted by Crippen LogP contribution is 2.26. The van der Waals surface area contributed by atoms with Crippen molar-refractivity contribution < 1.29 is 22.3 Å². The molecule has 0 radical (unpaired) electrons. The molecule has 1 rings (SSSR count). The van der Waals surface area contributed by atoms with Gasteiger partial charge in [0, 0.05) is 11.6 Å². The third kappa shape index (κ3) is 3.60. The van der Waals surface area contributed by atoms with E-state index in [1.165, 1.54) is 7.11 Å². The standard InChI is InChI=1S/C12H15F4NO/c1-8(17-7-12(15,16)11(13)14)9-5-3-4-6-10(9)18-2/h3-6,8,11,17H,7H2,1-2H3. The average molecular weight is 265 g/mol. The van der Waals surface area contributed by atoms with Crippen LogP contribution in [0.5, 0.6) is 5.75 Å². The number of ether oxygens (including phenoxy) is 1. The SMILES string of the molecule is COc1ccccc1C(C)NCC(F)(F)C(F)F. The second-order valence-electron chi connectivity index (χ2n) is 3.91. The molecule has 0 amide bonds. The molecular formula is C12H15F4NO. The van der Waals surface area contributed by atoms with E-state index in [-0.39, 0.29) is 0 Å². The summed E-state index contributed by atoms with van der Waals surface area (Å²) >= 11 is 0.